The van der Waals surface area contributed by atoms with Crippen LogP contribution in [0.15, 0.2) is 36.4 Å². The Morgan fingerprint density at radius 3 is 2.33 bits per heavy atom. The molecule has 0 aliphatic carbocycles. The Labute approximate surface area is 206 Å². The number of benzene rings is 2. The van der Waals surface area contributed by atoms with Crippen molar-refractivity contribution in [2.45, 2.75) is 38.2 Å². The van der Waals surface area contributed by atoms with Crippen LogP contribution in [0.5, 0.6) is 11.5 Å². The second-order valence-electron chi connectivity index (χ2n) is 8.61. The van der Waals surface area contributed by atoms with E-state index in [1.807, 2.05) is 30.3 Å². The van der Waals surface area contributed by atoms with Crippen LogP contribution in [0, 0.1) is 11.3 Å². The molecule has 178 valence electrons. The van der Waals surface area contributed by atoms with E-state index >= 15 is 0 Å². The fourth-order valence-electron chi connectivity index (χ4n) is 3.92. The van der Waals surface area contributed by atoms with Gasteiger partial charge in [0.05, 0.1) is 22.7 Å². The van der Waals surface area contributed by atoms with Crippen LogP contribution in [-0.4, -0.2) is 50.7 Å². The average molecular weight is 511 g/mol. The largest absolute Gasteiger partial charge is 0.490 e. The second kappa shape index (κ2) is 10.5. The molecule has 0 amide bonds. The molecule has 1 heterocycles. The average Bonchev–Trinajstić information content (AvgIpc) is 2.78. The van der Waals surface area contributed by atoms with E-state index < -0.39 is 15.4 Å². The summed E-state index contributed by atoms with van der Waals surface area (Å²) in [6.07, 6.45) is 2.54. The Kier molecular flexibility index (Phi) is 8.17. The summed E-state index contributed by atoms with van der Waals surface area (Å²) in [6, 6.07) is 13.6. The van der Waals surface area contributed by atoms with Crippen molar-refractivity contribution >= 4 is 33.2 Å². The first-order valence-electron chi connectivity index (χ1n) is 10.7. The van der Waals surface area contributed by atoms with Crippen molar-refractivity contribution in [3.8, 4) is 17.6 Å². The van der Waals surface area contributed by atoms with Gasteiger partial charge in [-0.25, -0.2) is 12.7 Å². The van der Waals surface area contributed by atoms with E-state index in [0.717, 1.165) is 16.9 Å². The molecule has 6 nitrogen and oxygen atoms in total. The Hall–Kier alpha value is -1.98. The van der Waals surface area contributed by atoms with Crippen LogP contribution in [0.1, 0.15) is 43.4 Å². The van der Waals surface area contributed by atoms with Gasteiger partial charge in [0.25, 0.3) is 0 Å². The molecule has 0 saturated carbocycles. The molecule has 0 bridgehead atoms. The Balaban J connectivity index is 1.74. The van der Waals surface area contributed by atoms with Gasteiger partial charge in [0, 0.05) is 18.5 Å². The van der Waals surface area contributed by atoms with Crippen molar-refractivity contribution in [2.75, 3.05) is 31.8 Å². The van der Waals surface area contributed by atoms with Gasteiger partial charge in [-0.3, -0.25) is 0 Å². The molecular formula is C24H28Cl2N2O4S. The molecule has 3 rings (SSSR count). The number of piperidine rings is 1. The van der Waals surface area contributed by atoms with E-state index in [0.29, 0.717) is 48.1 Å². The number of halogens is 2. The van der Waals surface area contributed by atoms with E-state index in [1.54, 1.807) is 6.07 Å². The molecule has 0 aromatic heterocycles. The number of hydrogen-bond acceptors (Lipinski definition) is 5. The van der Waals surface area contributed by atoms with Gasteiger partial charge in [0.15, 0.2) is 5.75 Å². The highest BCUT2D eigenvalue weighted by atomic mass is 35.5. The van der Waals surface area contributed by atoms with Crippen LogP contribution in [0.25, 0.3) is 0 Å². The zero-order valence-corrected chi connectivity index (χ0v) is 21.3. The molecule has 33 heavy (non-hydrogen) atoms. The first kappa shape index (κ1) is 25.6. The summed E-state index contributed by atoms with van der Waals surface area (Å²) in [5.74, 6) is 1.40. The summed E-state index contributed by atoms with van der Waals surface area (Å²) in [6.45, 7) is 5.35. The molecule has 0 atom stereocenters. The molecular weight excluding hydrogens is 483 g/mol. The van der Waals surface area contributed by atoms with E-state index in [4.69, 9.17) is 32.7 Å². The first-order chi connectivity index (χ1) is 15.6. The first-order valence-corrected chi connectivity index (χ1v) is 13.5. The van der Waals surface area contributed by atoms with Gasteiger partial charge in [-0.2, -0.15) is 5.26 Å². The summed E-state index contributed by atoms with van der Waals surface area (Å²) in [5.41, 5.74) is 1.89. The van der Waals surface area contributed by atoms with E-state index in [9.17, 15) is 13.7 Å². The predicted octanol–water partition coefficient (Wildman–Crippen LogP) is 4.96. The predicted molar refractivity (Wildman–Crippen MR) is 131 cm³/mol. The molecule has 0 radical (unpaired) electrons. The molecule has 1 aliphatic heterocycles. The molecule has 0 N–H and O–H groups in total. The number of ether oxygens (including phenoxy) is 2. The van der Waals surface area contributed by atoms with Crippen LogP contribution < -0.4 is 9.47 Å². The summed E-state index contributed by atoms with van der Waals surface area (Å²) < 4.78 is 36.5. The molecule has 0 unspecified atom stereocenters. The van der Waals surface area contributed by atoms with Crippen LogP contribution in [0.2, 0.25) is 5.02 Å². The lowest BCUT2D eigenvalue weighted by atomic mass is 9.77. The molecule has 1 fully saturated rings. The van der Waals surface area contributed by atoms with Gasteiger partial charge in [0.1, 0.15) is 24.5 Å². The lowest BCUT2D eigenvalue weighted by molar-refractivity contribution is 0.135. The van der Waals surface area contributed by atoms with Gasteiger partial charge in [0.2, 0.25) is 10.0 Å². The van der Waals surface area contributed by atoms with Crippen LogP contribution in [-0.2, 0) is 15.4 Å². The van der Waals surface area contributed by atoms with E-state index in [2.05, 4.69) is 19.9 Å². The highest BCUT2D eigenvalue weighted by Gasteiger charge is 2.28. The minimum Gasteiger partial charge on any atom is -0.490 e. The van der Waals surface area contributed by atoms with Gasteiger partial charge in [-0.15, -0.1) is 11.6 Å². The van der Waals surface area contributed by atoms with Gasteiger partial charge >= 0.3 is 0 Å². The summed E-state index contributed by atoms with van der Waals surface area (Å²) >= 11 is 12.1. The summed E-state index contributed by atoms with van der Waals surface area (Å²) in [4.78, 5) is 0. The molecule has 2 aromatic rings. The fraction of sp³-hybridized carbons (Fsp3) is 0.458. The van der Waals surface area contributed by atoms with Crippen molar-refractivity contribution in [1.82, 2.24) is 4.31 Å². The summed E-state index contributed by atoms with van der Waals surface area (Å²) in [5, 5.41) is 9.96. The number of rotatable bonds is 8. The smallest absolute Gasteiger partial charge is 0.211 e. The topological polar surface area (TPSA) is 79.6 Å². The molecule has 9 heteroatoms. The number of alkyl halides is 1. The zero-order valence-electron chi connectivity index (χ0n) is 19.0. The normalized spacial score (nSPS) is 15.8. The minimum atomic E-state index is -3.15. The maximum atomic E-state index is 11.7. The molecule has 1 aliphatic rings. The van der Waals surface area contributed by atoms with Crippen molar-refractivity contribution in [2.24, 2.45) is 0 Å². The van der Waals surface area contributed by atoms with Crippen molar-refractivity contribution in [3.63, 3.8) is 0 Å². The van der Waals surface area contributed by atoms with Crippen molar-refractivity contribution in [1.29, 1.82) is 5.26 Å². The monoisotopic (exact) mass is 510 g/mol. The quantitative estimate of drug-likeness (QED) is 0.469. The minimum absolute atomic E-state index is 0.0145. The lowest BCUT2D eigenvalue weighted by Gasteiger charge is -2.31. The highest BCUT2D eigenvalue weighted by Crippen LogP contribution is 2.38. The van der Waals surface area contributed by atoms with E-state index in [1.165, 1.54) is 10.6 Å². The summed E-state index contributed by atoms with van der Waals surface area (Å²) in [7, 11) is -3.15. The van der Waals surface area contributed by atoms with Gasteiger partial charge in [-0.1, -0.05) is 37.6 Å². The van der Waals surface area contributed by atoms with Crippen LogP contribution in [0.4, 0.5) is 0 Å². The maximum absolute atomic E-state index is 11.7. The van der Waals surface area contributed by atoms with Crippen molar-refractivity contribution in [3.05, 3.63) is 58.1 Å². The Morgan fingerprint density at radius 2 is 1.79 bits per heavy atom. The third-order valence-electron chi connectivity index (χ3n) is 5.96. The van der Waals surface area contributed by atoms with Crippen LogP contribution in [0.3, 0.4) is 0 Å². The molecule has 0 spiro atoms. The van der Waals surface area contributed by atoms with E-state index in [-0.39, 0.29) is 12.7 Å². The molecule has 2 aromatic carbocycles. The third-order valence-corrected chi connectivity index (χ3v) is 7.70. The van der Waals surface area contributed by atoms with Crippen LogP contribution >= 0.6 is 23.2 Å². The second-order valence-corrected chi connectivity index (χ2v) is 11.4. The number of hydrogen-bond donors (Lipinski definition) is 0. The lowest BCUT2D eigenvalue weighted by Crippen LogP contribution is -2.41. The van der Waals surface area contributed by atoms with Crippen molar-refractivity contribution < 1.29 is 17.9 Å². The van der Waals surface area contributed by atoms with Gasteiger partial charge in [-0.05, 0) is 48.2 Å². The zero-order chi connectivity index (χ0) is 24.2. The SMILES string of the molecule is CC(C)(c1ccc(OC2CCN(S(C)(=O)=O)CC2)cc1)c1cc(Cl)c(OCCCl)c(C#N)c1. The van der Waals surface area contributed by atoms with Gasteiger partial charge < -0.3 is 9.47 Å². The standard InChI is InChI=1S/C24H28Cl2N2O4S/c1-24(2,19-14-17(16-27)23(22(26)15-19)31-13-10-25)18-4-6-20(7-5-18)32-21-8-11-28(12-9-21)33(3,29)30/h4-7,14-15,21H,8-13H2,1-3H3. The number of sulfonamides is 1. The highest BCUT2D eigenvalue weighted by molar-refractivity contribution is 7.88. The molecule has 1 saturated heterocycles. The Bertz CT molecular complexity index is 1120. The fourth-order valence-corrected chi connectivity index (χ4v) is 5.14. The third kappa shape index (κ3) is 6.13. The maximum Gasteiger partial charge on any atom is 0.211 e. The number of nitriles is 1. The number of nitrogens with zero attached hydrogens (tertiary/aromatic N) is 2. The Morgan fingerprint density at radius 1 is 1.15 bits per heavy atom.